The number of rotatable bonds is 0. The van der Waals surface area contributed by atoms with Gasteiger partial charge >= 0.3 is 0 Å². The van der Waals surface area contributed by atoms with E-state index in [0.29, 0.717) is 0 Å². The lowest BCUT2D eigenvalue weighted by atomic mass is 9.94. The molecular weight excluding hydrogens is 308 g/mol. The highest BCUT2D eigenvalue weighted by Crippen LogP contribution is 2.21. The van der Waals surface area contributed by atoms with Gasteiger partial charge in [0.25, 0.3) is 5.56 Å². The second kappa shape index (κ2) is 4.57. The van der Waals surface area contributed by atoms with Crippen LogP contribution in [0.15, 0.2) is 41.2 Å². The quantitative estimate of drug-likeness (QED) is 0.466. The molecule has 0 atom stereocenters. The number of hydrogen-bond donors (Lipinski definition) is 0. The first-order chi connectivity index (χ1) is 12.3. The molecule has 3 heteroatoms. The fourth-order valence-electron chi connectivity index (χ4n) is 4.62. The van der Waals surface area contributed by atoms with E-state index in [-0.39, 0.29) is 5.56 Å². The van der Waals surface area contributed by atoms with Gasteiger partial charge in [-0.25, -0.2) is 4.98 Å². The summed E-state index contributed by atoms with van der Waals surface area (Å²) in [6.07, 6.45) is 8.44. The van der Waals surface area contributed by atoms with E-state index in [1.54, 1.807) is 0 Å². The maximum Gasteiger partial charge on any atom is 0.264 e. The van der Waals surface area contributed by atoms with Gasteiger partial charge in [0.15, 0.2) is 0 Å². The normalized spacial score (nSPS) is 15.4. The maximum absolute atomic E-state index is 13.4. The molecule has 4 aromatic rings. The van der Waals surface area contributed by atoms with Crippen LogP contribution in [0.3, 0.4) is 0 Å². The van der Waals surface area contributed by atoms with Crippen LogP contribution in [-0.2, 0) is 12.8 Å². The van der Waals surface area contributed by atoms with E-state index in [0.717, 1.165) is 63.6 Å². The van der Waals surface area contributed by atoms with Crippen molar-refractivity contribution in [1.29, 1.82) is 0 Å². The topological polar surface area (TPSA) is 34.4 Å². The summed E-state index contributed by atoms with van der Waals surface area (Å²) in [5, 5.41) is 5.20. The highest BCUT2D eigenvalue weighted by Gasteiger charge is 2.18. The Morgan fingerprint density at radius 1 is 0.880 bits per heavy atom. The molecule has 0 radical (unpaired) electrons. The van der Waals surface area contributed by atoms with Gasteiger partial charge in [-0.05, 0) is 48.9 Å². The van der Waals surface area contributed by atoms with Gasteiger partial charge in [-0.2, -0.15) is 0 Å². The van der Waals surface area contributed by atoms with Gasteiger partial charge in [0.05, 0.1) is 10.9 Å². The van der Waals surface area contributed by atoms with Crippen LogP contribution in [0.4, 0.5) is 0 Å². The van der Waals surface area contributed by atoms with E-state index in [1.807, 2.05) is 16.5 Å². The Bertz CT molecular complexity index is 1410. The van der Waals surface area contributed by atoms with Crippen molar-refractivity contribution in [2.75, 3.05) is 0 Å². The minimum Gasteiger partial charge on any atom is -0.268 e. The molecule has 2 heterocycles. The standard InChI is InChI=1S/C22H16N2O/c25-22-16-10-2-6-13-5-1-9-15(19(13)16)21-23-17-11-3-7-14-8-4-12-18(20(14)17)24(21)22/h2-3,6-7,9-12H,1,4-5,8H2. The van der Waals surface area contributed by atoms with Crippen LogP contribution in [0.2, 0.25) is 0 Å². The summed E-state index contributed by atoms with van der Waals surface area (Å²) in [7, 11) is 0. The van der Waals surface area contributed by atoms with E-state index >= 15 is 0 Å². The average Bonchev–Trinajstić information content (AvgIpc) is 2.66. The monoisotopic (exact) mass is 324 g/mol. The Hall–Kier alpha value is -2.94. The molecule has 2 aromatic carbocycles. The molecule has 0 saturated heterocycles. The molecule has 6 rings (SSSR count). The van der Waals surface area contributed by atoms with Gasteiger partial charge in [0.1, 0.15) is 5.65 Å². The maximum atomic E-state index is 13.4. The number of aromatic nitrogens is 2. The summed E-state index contributed by atoms with van der Waals surface area (Å²) < 4.78 is 1.86. The number of benzene rings is 2. The van der Waals surface area contributed by atoms with Crippen molar-refractivity contribution >= 4 is 39.5 Å². The third-order valence-corrected chi connectivity index (χ3v) is 5.67. The second-order valence-electron chi connectivity index (χ2n) is 7.01. The van der Waals surface area contributed by atoms with Crippen LogP contribution >= 0.6 is 0 Å². The van der Waals surface area contributed by atoms with Gasteiger partial charge < -0.3 is 0 Å². The molecule has 0 amide bonds. The summed E-state index contributed by atoms with van der Waals surface area (Å²) in [4.78, 5) is 18.3. The van der Waals surface area contributed by atoms with Gasteiger partial charge in [0.2, 0.25) is 0 Å². The van der Waals surface area contributed by atoms with Crippen molar-refractivity contribution in [3.8, 4) is 0 Å². The zero-order chi connectivity index (χ0) is 16.5. The molecule has 120 valence electrons. The Kier molecular flexibility index (Phi) is 2.44. The zero-order valence-corrected chi connectivity index (χ0v) is 13.7. The van der Waals surface area contributed by atoms with Gasteiger partial charge in [-0.15, -0.1) is 0 Å². The van der Waals surface area contributed by atoms with E-state index in [2.05, 4.69) is 36.4 Å². The molecule has 2 aromatic heterocycles. The molecule has 0 aliphatic heterocycles. The molecule has 0 fully saturated rings. The van der Waals surface area contributed by atoms with Crippen molar-refractivity contribution in [2.24, 2.45) is 0 Å². The van der Waals surface area contributed by atoms with Crippen LogP contribution in [0, 0.1) is 0 Å². The number of nitrogens with zero attached hydrogens (tertiary/aromatic N) is 2. The van der Waals surface area contributed by atoms with Gasteiger partial charge in [-0.1, -0.05) is 36.4 Å². The molecule has 0 spiro atoms. The van der Waals surface area contributed by atoms with Crippen LogP contribution in [0.1, 0.15) is 24.0 Å². The summed E-state index contributed by atoms with van der Waals surface area (Å²) in [5.74, 6) is 0. The fourth-order valence-corrected chi connectivity index (χ4v) is 4.62. The number of fused-ring (bicyclic) bond motifs is 3. The Morgan fingerprint density at radius 2 is 1.64 bits per heavy atom. The van der Waals surface area contributed by atoms with E-state index in [4.69, 9.17) is 4.98 Å². The lowest BCUT2D eigenvalue weighted by Gasteiger charge is -2.17. The van der Waals surface area contributed by atoms with Gasteiger partial charge in [0, 0.05) is 21.4 Å². The van der Waals surface area contributed by atoms with Crippen molar-refractivity contribution in [3.05, 3.63) is 68.4 Å². The lowest BCUT2D eigenvalue weighted by molar-refractivity contribution is 0.966. The fraction of sp³-hybridized carbons (Fsp3) is 0.182. The third-order valence-electron chi connectivity index (χ3n) is 5.67. The summed E-state index contributed by atoms with van der Waals surface area (Å²) in [6.45, 7) is 0. The van der Waals surface area contributed by atoms with Crippen LogP contribution in [-0.4, -0.2) is 9.38 Å². The van der Waals surface area contributed by atoms with E-state index in [1.165, 1.54) is 11.1 Å². The summed E-state index contributed by atoms with van der Waals surface area (Å²) in [5.41, 5.74) is 4.42. The zero-order valence-electron chi connectivity index (χ0n) is 13.7. The molecule has 3 nitrogen and oxygen atoms in total. The Labute approximate surface area is 143 Å². The minimum absolute atomic E-state index is 0.0586. The highest BCUT2D eigenvalue weighted by molar-refractivity contribution is 5.92. The highest BCUT2D eigenvalue weighted by atomic mass is 16.1. The molecule has 0 saturated carbocycles. The first-order valence-corrected chi connectivity index (χ1v) is 8.91. The SMILES string of the molecule is O=c1c2cccc3c2c(c2nc4cccc5c4c(n12)=CCC5)=CCC3. The predicted octanol–water partition coefficient (Wildman–Crippen LogP) is 2.45. The van der Waals surface area contributed by atoms with Crippen LogP contribution in [0.5, 0.6) is 0 Å². The summed E-state index contributed by atoms with van der Waals surface area (Å²) in [6, 6.07) is 12.4. The average molecular weight is 324 g/mol. The molecule has 2 aliphatic rings. The molecule has 0 bridgehead atoms. The largest absolute Gasteiger partial charge is 0.268 e. The van der Waals surface area contributed by atoms with Crippen molar-refractivity contribution in [3.63, 3.8) is 0 Å². The molecular formula is C22H16N2O. The Balaban J connectivity index is 2.05. The number of aryl methyl sites for hydroxylation is 2. The summed E-state index contributed by atoms with van der Waals surface area (Å²) >= 11 is 0. The Morgan fingerprint density at radius 3 is 2.52 bits per heavy atom. The molecule has 0 N–H and O–H groups in total. The predicted molar refractivity (Wildman–Crippen MR) is 101 cm³/mol. The molecule has 2 aliphatic carbocycles. The van der Waals surface area contributed by atoms with Crippen molar-refractivity contribution in [2.45, 2.75) is 25.7 Å². The van der Waals surface area contributed by atoms with Crippen molar-refractivity contribution in [1.82, 2.24) is 9.38 Å². The van der Waals surface area contributed by atoms with E-state index < -0.39 is 0 Å². The van der Waals surface area contributed by atoms with Gasteiger partial charge in [-0.3, -0.25) is 9.20 Å². The first kappa shape index (κ1) is 13.4. The minimum atomic E-state index is 0.0586. The van der Waals surface area contributed by atoms with Crippen LogP contribution in [0.25, 0.3) is 39.5 Å². The van der Waals surface area contributed by atoms with Crippen LogP contribution < -0.4 is 16.1 Å². The number of hydrogen-bond acceptors (Lipinski definition) is 2. The molecule has 25 heavy (non-hydrogen) atoms. The first-order valence-electron chi connectivity index (χ1n) is 8.91. The second-order valence-corrected chi connectivity index (χ2v) is 7.01. The smallest absolute Gasteiger partial charge is 0.264 e. The number of pyridine rings is 1. The van der Waals surface area contributed by atoms with E-state index in [9.17, 15) is 4.79 Å². The van der Waals surface area contributed by atoms with Crippen molar-refractivity contribution < 1.29 is 0 Å². The molecule has 0 unspecified atom stereocenters. The lowest BCUT2D eigenvalue weighted by Crippen LogP contribution is -2.35. The third kappa shape index (κ3) is 1.60.